The van der Waals surface area contributed by atoms with Gasteiger partial charge in [0.15, 0.2) is 6.39 Å². The standard InChI is InChI=1S/C7H9NO/c1-2-6(3-1)7-4-8-5-9-7/h4-6H,1-3H2. The molecule has 1 aromatic rings. The molecule has 9 heavy (non-hydrogen) atoms. The molecule has 0 radical (unpaired) electrons. The fourth-order valence-corrected chi connectivity index (χ4v) is 1.12. The fourth-order valence-electron chi connectivity index (χ4n) is 1.12. The predicted molar refractivity (Wildman–Crippen MR) is 33.1 cm³/mol. The largest absolute Gasteiger partial charge is 0.448 e. The molecule has 0 unspecified atom stereocenters. The third kappa shape index (κ3) is 0.745. The molecular formula is C7H9NO. The number of rotatable bonds is 1. The average molecular weight is 123 g/mol. The Hall–Kier alpha value is -0.790. The Bertz CT molecular complexity index is 177. The molecule has 1 heterocycles. The van der Waals surface area contributed by atoms with Gasteiger partial charge in [-0.2, -0.15) is 0 Å². The number of hydrogen-bond donors (Lipinski definition) is 0. The monoisotopic (exact) mass is 123 g/mol. The van der Waals surface area contributed by atoms with Crippen molar-refractivity contribution in [3.8, 4) is 0 Å². The van der Waals surface area contributed by atoms with Crippen LogP contribution in [0.3, 0.4) is 0 Å². The van der Waals surface area contributed by atoms with Crippen molar-refractivity contribution in [2.45, 2.75) is 25.2 Å². The first-order valence-corrected chi connectivity index (χ1v) is 3.35. The number of oxazole rings is 1. The predicted octanol–water partition coefficient (Wildman–Crippen LogP) is 1.94. The molecular weight excluding hydrogens is 114 g/mol. The third-order valence-electron chi connectivity index (χ3n) is 1.96. The van der Waals surface area contributed by atoms with E-state index in [0.717, 1.165) is 5.76 Å². The molecule has 48 valence electrons. The lowest BCUT2D eigenvalue weighted by Crippen LogP contribution is -2.07. The lowest BCUT2D eigenvalue weighted by Gasteiger charge is -2.21. The molecule has 0 amide bonds. The molecule has 2 rings (SSSR count). The number of aromatic nitrogens is 1. The minimum absolute atomic E-state index is 0.687. The Morgan fingerprint density at radius 1 is 1.56 bits per heavy atom. The van der Waals surface area contributed by atoms with Gasteiger partial charge in [0, 0.05) is 5.92 Å². The van der Waals surface area contributed by atoms with E-state index in [1.165, 1.54) is 25.7 Å². The van der Waals surface area contributed by atoms with Crippen molar-refractivity contribution in [2.24, 2.45) is 0 Å². The summed E-state index contributed by atoms with van der Waals surface area (Å²) in [6, 6.07) is 0. The van der Waals surface area contributed by atoms with Gasteiger partial charge < -0.3 is 4.42 Å². The van der Waals surface area contributed by atoms with Crippen LogP contribution in [0.4, 0.5) is 0 Å². The van der Waals surface area contributed by atoms with Gasteiger partial charge in [0.05, 0.1) is 6.20 Å². The van der Waals surface area contributed by atoms with Crippen LogP contribution in [-0.2, 0) is 0 Å². The molecule has 0 saturated heterocycles. The Morgan fingerprint density at radius 3 is 2.89 bits per heavy atom. The molecule has 0 aliphatic heterocycles. The first-order valence-electron chi connectivity index (χ1n) is 3.35. The maximum atomic E-state index is 5.13. The zero-order chi connectivity index (χ0) is 6.10. The van der Waals surface area contributed by atoms with E-state index in [0.29, 0.717) is 5.92 Å². The molecule has 0 aromatic carbocycles. The lowest BCUT2D eigenvalue weighted by molar-refractivity contribution is 0.346. The van der Waals surface area contributed by atoms with Crippen LogP contribution in [0.5, 0.6) is 0 Å². The van der Waals surface area contributed by atoms with Gasteiger partial charge >= 0.3 is 0 Å². The Morgan fingerprint density at radius 2 is 2.44 bits per heavy atom. The summed E-state index contributed by atoms with van der Waals surface area (Å²) in [5.41, 5.74) is 0. The summed E-state index contributed by atoms with van der Waals surface area (Å²) in [7, 11) is 0. The summed E-state index contributed by atoms with van der Waals surface area (Å²) in [5.74, 6) is 1.76. The van der Waals surface area contributed by atoms with Gasteiger partial charge in [0.2, 0.25) is 0 Å². The minimum atomic E-state index is 0.687. The van der Waals surface area contributed by atoms with Gasteiger partial charge in [0.1, 0.15) is 5.76 Å². The summed E-state index contributed by atoms with van der Waals surface area (Å²) in [5, 5.41) is 0. The first-order chi connectivity index (χ1) is 4.47. The molecule has 0 atom stereocenters. The number of nitrogens with zero attached hydrogens (tertiary/aromatic N) is 1. The van der Waals surface area contributed by atoms with Crippen LogP contribution in [-0.4, -0.2) is 4.98 Å². The van der Waals surface area contributed by atoms with Gasteiger partial charge in [-0.05, 0) is 12.8 Å². The molecule has 1 fully saturated rings. The van der Waals surface area contributed by atoms with Crippen LogP contribution >= 0.6 is 0 Å². The van der Waals surface area contributed by atoms with Crippen molar-refractivity contribution in [2.75, 3.05) is 0 Å². The normalized spacial score (nSPS) is 19.6. The van der Waals surface area contributed by atoms with Crippen molar-refractivity contribution >= 4 is 0 Å². The van der Waals surface area contributed by atoms with Crippen LogP contribution in [0.15, 0.2) is 17.0 Å². The highest BCUT2D eigenvalue weighted by Crippen LogP contribution is 2.35. The van der Waals surface area contributed by atoms with Crippen molar-refractivity contribution < 1.29 is 4.42 Å². The summed E-state index contributed by atoms with van der Waals surface area (Å²) in [4.78, 5) is 3.86. The second-order valence-electron chi connectivity index (χ2n) is 2.53. The van der Waals surface area contributed by atoms with Crippen molar-refractivity contribution in [3.63, 3.8) is 0 Å². The highest BCUT2D eigenvalue weighted by molar-refractivity contribution is 5.02. The second-order valence-corrected chi connectivity index (χ2v) is 2.53. The van der Waals surface area contributed by atoms with E-state index >= 15 is 0 Å². The highest BCUT2D eigenvalue weighted by atomic mass is 16.3. The smallest absolute Gasteiger partial charge is 0.180 e. The van der Waals surface area contributed by atoms with Crippen molar-refractivity contribution in [1.29, 1.82) is 0 Å². The van der Waals surface area contributed by atoms with Gasteiger partial charge in [0.25, 0.3) is 0 Å². The zero-order valence-corrected chi connectivity index (χ0v) is 5.21. The van der Waals surface area contributed by atoms with Gasteiger partial charge in [-0.1, -0.05) is 6.42 Å². The molecule has 2 nitrogen and oxygen atoms in total. The SMILES string of the molecule is c1ncc(C2CCC2)o1. The van der Waals surface area contributed by atoms with E-state index in [4.69, 9.17) is 4.42 Å². The summed E-state index contributed by atoms with van der Waals surface area (Å²) >= 11 is 0. The van der Waals surface area contributed by atoms with Crippen LogP contribution in [0, 0.1) is 0 Å². The quantitative estimate of drug-likeness (QED) is 0.570. The minimum Gasteiger partial charge on any atom is -0.448 e. The maximum Gasteiger partial charge on any atom is 0.180 e. The molecule has 0 bridgehead atoms. The van der Waals surface area contributed by atoms with E-state index in [2.05, 4.69) is 4.98 Å². The molecule has 0 spiro atoms. The molecule has 1 aromatic heterocycles. The highest BCUT2D eigenvalue weighted by Gasteiger charge is 2.21. The molecule has 1 aliphatic carbocycles. The topological polar surface area (TPSA) is 26.0 Å². The lowest BCUT2D eigenvalue weighted by atomic mass is 9.84. The summed E-state index contributed by atoms with van der Waals surface area (Å²) < 4.78 is 5.13. The molecule has 1 saturated carbocycles. The molecule has 2 heteroatoms. The first kappa shape index (κ1) is 5.03. The van der Waals surface area contributed by atoms with E-state index in [1.807, 2.05) is 6.20 Å². The maximum absolute atomic E-state index is 5.13. The van der Waals surface area contributed by atoms with E-state index in [-0.39, 0.29) is 0 Å². The molecule has 0 N–H and O–H groups in total. The second kappa shape index (κ2) is 1.87. The fraction of sp³-hybridized carbons (Fsp3) is 0.571. The van der Waals surface area contributed by atoms with Crippen LogP contribution in [0.1, 0.15) is 30.9 Å². The Labute approximate surface area is 53.9 Å². The third-order valence-corrected chi connectivity index (χ3v) is 1.96. The van der Waals surface area contributed by atoms with Crippen LogP contribution in [0.2, 0.25) is 0 Å². The van der Waals surface area contributed by atoms with Crippen LogP contribution in [0.25, 0.3) is 0 Å². The van der Waals surface area contributed by atoms with Crippen molar-refractivity contribution in [1.82, 2.24) is 4.98 Å². The van der Waals surface area contributed by atoms with Gasteiger partial charge in [-0.25, -0.2) is 4.98 Å². The summed E-state index contributed by atoms with van der Waals surface area (Å²) in [6.45, 7) is 0. The van der Waals surface area contributed by atoms with E-state index in [9.17, 15) is 0 Å². The van der Waals surface area contributed by atoms with E-state index in [1.54, 1.807) is 0 Å². The van der Waals surface area contributed by atoms with Crippen molar-refractivity contribution in [3.05, 3.63) is 18.4 Å². The van der Waals surface area contributed by atoms with Crippen LogP contribution < -0.4 is 0 Å². The van der Waals surface area contributed by atoms with Gasteiger partial charge in [-0.15, -0.1) is 0 Å². The molecule has 1 aliphatic rings. The number of hydrogen-bond acceptors (Lipinski definition) is 2. The average Bonchev–Trinajstić information content (AvgIpc) is 2.11. The zero-order valence-electron chi connectivity index (χ0n) is 5.21. The summed E-state index contributed by atoms with van der Waals surface area (Å²) in [6.07, 6.45) is 7.26. The Balaban J connectivity index is 2.14. The van der Waals surface area contributed by atoms with Gasteiger partial charge in [-0.3, -0.25) is 0 Å². The Kier molecular flexibility index (Phi) is 1.04. The van der Waals surface area contributed by atoms with E-state index < -0.39 is 0 Å².